The third-order valence-corrected chi connectivity index (χ3v) is 5.12. The van der Waals surface area contributed by atoms with Gasteiger partial charge in [-0.15, -0.1) is 11.3 Å². The fourth-order valence-electron chi connectivity index (χ4n) is 2.96. The maximum atomic E-state index is 12.5. The lowest BCUT2D eigenvalue weighted by atomic mass is 10.2. The summed E-state index contributed by atoms with van der Waals surface area (Å²) in [5.74, 6) is 0.691. The summed E-state index contributed by atoms with van der Waals surface area (Å²) in [5.41, 5.74) is 1.07. The molecule has 1 unspecified atom stereocenters. The molecule has 0 amide bonds. The monoisotopic (exact) mass is 391 g/mol. The van der Waals surface area contributed by atoms with Crippen molar-refractivity contribution < 1.29 is 13.2 Å². The van der Waals surface area contributed by atoms with Crippen molar-refractivity contribution in [2.45, 2.75) is 51.7 Å². The van der Waals surface area contributed by atoms with E-state index in [2.05, 4.69) is 26.0 Å². The Balaban J connectivity index is 1.71. The van der Waals surface area contributed by atoms with Gasteiger partial charge in [0.25, 0.3) is 0 Å². The van der Waals surface area contributed by atoms with Gasteiger partial charge in [-0.05, 0) is 39.5 Å². The third-order valence-electron chi connectivity index (χ3n) is 4.10. The fraction of sp³-hybridized carbons (Fsp3) is 0.765. The highest BCUT2D eigenvalue weighted by Crippen LogP contribution is 2.20. The second-order valence-corrected chi connectivity index (χ2v) is 7.52. The van der Waals surface area contributed by atoms with Crippen molar-refractivity contribution >= 4 is 17.3 Å². The average Bonchev–Trinajstić information content (AvgIpc) is 3.14. The summed E-state index contributed by atoms with van der Waals surface area (Å²) in [7, 11) is 0. The van der Waals surface area contributed by atoms with Crippen LogP contribution in [0.25, 0.3) is 0 Å². The van der Waals surface area contributed by atoms with E-state index in [1.165, 1.54) is 4.90 Å². The Morgan fingerprint density at radius 3 is 2.88 bits per heavy atom. The molecule has 2 heterocycles. The number of nitrogens with zero attached hydrogens (tertiary/aromatic N) is 3. The highest BCUT2D eigenvalue weighted by atomic mass is 32.1. The summed E-state index contributed by atoms with van der Waals surface area (Å²) in [6.45, 7) is 5.41. The minimum atomic E-state index is -4.14. The third kappa shape index (κ3) is 7.90. The predicted molar refractivity (Wildman–Crippen MR) is 99.8 cm³/mol. The first kappa shape index (κ1) is 21.0. The summed E-state index contributed by atoms with van der Waals surface area (Å²) in [4.78, 5) is 10.4. The minimum Gasteiger partial charge on any atom is -0.357 e. The topological polar surface area (TPSA) is 52.6 Å². The summed E-state index contributed by atoms with van der Waals surface area (Å²) in [5, 5.41) is 9.66. The van der Waals surface area contributed by atoms with Crippen LogP contribution in [0, 0.1) is 6.92 Å². The number of halogens is 3. The van der Waals surface area contributed by atoms with Crippen LogP contribution in [0.1, 0.15) is 36.9 Å². The molecule has 26 heavy (non-hydrogen) atoms. The van der Waals surface area contributed by atoms with E-state index in [1.54, 1.807) is 11.3 Å². The normalized spacial score (nSPS) is 19.1. The van der Waals surface area contributed by atoms with Crippen molar-refractivity contribution in [3.05, 3.63) is 16.1 Å². The summed E-state index contributed by atoms with van der Waals surface area (Å²) < 4.78 is 37.4. The lowest BCUT2D eigenvalue weighted by Crippen LogP contribution is -2.45. The van der Waals surface area contributed by atoms with Crippen LogP contribution in [0.2, 0.25) is 0 Å². The SMILES string of the molecule is CCNC(=NCCCCc1nc(C)cs1)NC1CCN(CC(F)(F)F)C1. The molecule has 0 aliphatic carbocycles. The van der Waals surface area contributed by atoms with Crippen molar-refractivity contribution in [1.29, 1.82) is 0 Å². The largest absolute Gasteiger partial charge is 0.401 e. The molecule has 1 aliphatic rings. The molecule has 5 nitrogen and oxygen atoms in total. The Labute approximate surface area is 157 Å². The van der Waals surface area contributed by atoms with Gasteiger partial charge in [-0.3, -0.25) is 9.89 Å². The van der Waals surface area contributed by atoms with Gasteiger partial charge in [0.2, 0.25) is 0 Å². The molecule has 1 atom stereocenters. The number of nitrogens with one attached hydrogen (secondary N) is 2. The number of hydrogen-bond acceptors (Lipinski definition) is 4. The Morgan fingerprint density at radius 1 is 1.42 bits per heavy atom. The molecule has 0 radical (unpaired) electrons. The number of likely N-dealkylation sites (tertiary alicyclic amines) is 1. The first-order valence-corrected chi connectivity index (χ1v) is 9.98. The van der Waals surface area contributed by atoms with Gasteiger partial charge in [-0.25, -0.2) is 4.98 Å². The number of aryl methyl sites for hydroxylation is 2. The van der Waals surface area contributed by atoms with E-state index < -0.39 is 12.7 Å². The van der Waals surface area contributed by atoms with Crippen LogP contribution >= 0.6 is 11.3 Å². The number of alkyl halides is 3. The average molecular weight is 392 g/mol. The second kappa shape index (κ2) is 10.1. The number of rotatable bonds is 8. The van der Waals surface area contributed by atoms with Crippen LogP contribution < -0.4 is 10.6 Å². The number of hydrogen-bond donors (Lipinski definition) is 2. The van der Waals surface area contributed by atoms with Crippen molar-refractivity contribution in [1.82, 2.24) is 20.5 Å². The zero-order valence-electron chi connectivity index (χ0n) is 15.4. The molecule has 148 valence electrons. The van der Waals surface area contributed by atoms with Gasteiger partial charge < -0.3 is 10.6 Å². The Morgan fingerprint density at radius 2 is 2.23 bits per heavy atom. The molecule has 1 fully saturated rings. The van der Waals surface area contributed by atoms with Gasteiger partial charge in [0.15, 0.2) is 5.96 Å². The van der Waals surface area contributed by atoms with Gasteiger partial charge in [0, 0.05) is 43.3 Å². The molecule has 0 spiro atoms. The van der Waals surface area contributed by atoms with Crippen LogP contribution in [-0.4, -0.2) is 60.8 Å². The standard InChI is InChI=1S/C17H28F3N5S/c1-3-21-16(22-8-5-4-6-15-23-13(2)11-26-15)24-14-7-9-25(10-14)12-17(18,19)20/h11,14H,3-10,12H2,1-2H3,(H2,21,22,24). The van der Waals surface area contributed by atoms with Gasteiger partial charge >= 0.3 is 6.18 Å². The molecular formula is C17H28F3N5S. The molecular weight excluding hydrogens is 363 g/mol. The van der Waals surface area contributed by atoms with Crippen LogP contribution in [0.15, 0.2) is 10.4 Å². The van der Waals surface area contributed by atoms with Crippen LogP contribution in [0.5, 0.6) is 0 Å². The lowest BCUT2D eigenvalue weighted by Gasteiger charge is -2.19. The molecule has 1 saturated heterocycles. The summed E-state index contributed by atoms with van der Waals surface area (Å²) in [6, 6.07) is 0.00782. The zero-order chi connectivity index (χ0) is 19.0. The van der Waals surface area contributed by atoms with Gasteiger partial charge in [-0.1, -0.05) is 0 Å². The summed E-state index contributed by atoms with van der Waals surface area (Å²) in [6.07, 6.45) is -0.487. The second-order valence-electron chi connectivity index (χ2n) is 6.58. The van der Waals surface area contributed by atoms with Crippen LogP contribution in [-0.2, 0) is 6.42 Å². The van der Waals surface area contributed by atoms with Crippen LogP contribution in [0.3, 0.4) is 0 Å². The number of thiazole rings is 1. The van der Waals surface area contributed by atoms with Crippen molar-refractivity contribution in [2.24, 2.45) is 4.99 Å². The maximum absolute atomic E-state index is 12.5. The van der Waals surface area contributed by atoms with Crippen molar-refractivity contribution in [2.75, 3.05) is 32.7 Å². The Bertz CT molecular complexity index is 573. The lowest BCUT2D eigenvalue weighted by molar-refractivity contribution is -0.143. The number of unbranched alkanes of at least 4 members (excludes halogenated alkanes) is 1. The van der Waals surface area contributed by atoms with E-state index >= 15 is 0 Å². The van der Waals surface area contributed by atoms with E-state index in [9.17, 15) is 13.2 Å². The highest BCUT2D eigenvalue weighted by molar-refractivity contribution is 7.09. The van der Waals surface area contributed by atoms with Crippen molar-refractivity contribution in [3.8, 4) is 0 Å². The number of guanidine groups is 1. The summed E-state index contributed by atoms with van der Waals surface area (Å²) >= 11 is 1.69. The van der Waals surface area contributed by atoms with E-state index in [0.29, 0.717) is 32.0 Å². The maximum Gasteiger partial charge on any atom is 0.401 e. The Kier molecular flexibility index (Phi) is 8.15. The smallest absolute Gasteiger partial charge is 0.357 e. The van der Waals surface area contributed by atoms with Gasteiger partial charge in [0.05, 0.1) is 11.6 Å². The van der Waals surface area contributed by atoms with E-state index in [-0.39, 0.29) is 6.04 Å². The molecule has 2 N–H and O–H groups in total. The van der Waals surface area contributed by atoms with Crippen molar-refractivity contribution in [3.63, 3.8) is 0 Å². The fourth-order valence-corrected chi connectivity index (χ4v) is 3.78. The molecule has 0 bridgehead atoms. The molecule has 2 rings (SSSR count). The molecule has 0 saturated carbocycles. The molecule has 0 aromatic carbocycles. The van der Waals surface area contributed by atoms with Gasteiger partial charge in [-0.2, -0.15) is 13.2 Å². The highest BCUT2D eigenvalue weighted by Gasteiger charge is 2.34. The zero-order valence-corrected chi connectivity index (χ0v) is 16.2. The number of aliphatic imine (C=N–C) groups is 1. The van der Waals surface area contributed by atoms with E-state index in [4.69, 9.17) is 0 Å². The molecule has 9 heteroatoms. The first-order chi connectivity index (χ1) is 12.4. The predicted octanol–water partition coefficient (Wildman–Crippen LogP) is 2.97. The van der Waals surface area contributed by atoms with Gasteiger partial charge in [0.1, 0.15) is 0 Å². The molecule has 1 aromatic heterocycles. The Hall–Kier alpha value is -1.35. The van der Waals surface area contributed by atoms with E-state index in [1.807, 2.05) is 13.8 Å². The quantitative estimate of drug-likeness (QED) is 0.406. The van der Waals surface area contributed by atoms with Crippen LogP contribution in [0.4, 0.5) is 13.2 Å². The molecule has 1 aromatic rings. The molecule has 1 aliphatic heterocycles. The first-order valence-electron chi connectivity index (χ1n) is 9.10. The number of aromatic nitrogens is 1. The van der Waals surface area contributed by atoms with E-state index in [0.717, 1.165) is 36.5 Å². The minimum absolute atomic E-state index is 0.00782.